The summed E-state index contributed by atoms with van der Waals surface area (Å²) in [6.45, 7) is 11.8. The van der Waals surface area contributed by atoms with Gasteiger partial charge in [-0.05, 0) is 90.2 Å². The van der Waals surface area contributed by atoms with Gasteiger partial charge in [-0.15, -0.1) is 10.2 Å². The Hall–Kier alpha value is -4.47. The van der Waals surface area contributed by atoms with E-state index in [0.717, 1.165) is 6.42 Å². The fraction of sp³-hybridized carbons (Fsp3) is 0.641. The van der Waals surface area contributed by atoms with Crippen LogP contribution in [0.25, 0.3) is 10.8 Å². The SMILES string of the molecule is CCOc1nnc(O[C@@H]2C[C@H]3C(=O)N[C@]4(C(=O)NS(=O)(=O)C5CC5)C[C@H]4/C=C\CC[C@@H](C)C[C@@H](CC)[C@H](NC(=O)NC(C)(C)C)C(=O)N3C2)c2ccccc12. The van der Waals surface area contributed by atoms with E-state index in [0.29, 0.717) is 55.4 Å². The van der Waals surface area contributed by atoms with E-state index >= 15 is 0 Å². The standard InChI is InChI=1S/C39H55N7O8S/c1-7-24-19-23(3)13-9-10-14-25-21-39(25,36(49)45-55(51,52)27-17-18-27)41-32(47)30-20-26(22-46(30)35(48)31(24)40-37(50)42-38(4,5)6)54-34-29-16-12-11-15-28(29)33(43-44-34)53-8-2/h10-12,14-16,23-27,30-31H,7-9,13,17-22H2,1-6H3,(H,41,47)(H,45,49)(H2,40,42,50)/b14-10-/t23-,24-,25-,26-,30+,31+,39-/m1/s1. The van der Waals surface area contributed by atoms with Gasteiger partial charge in [0.05, 0.1) is 29.2 Å². The highest BCUT2D eigenvalue weighted by atomic mass is 32.2. The molecule has 2 saturated carbocycles. The highest BCUT2D eigenvalue weighted by Gasteiger charge is 2.62. The van der Waals surface area contributed by atoms with Crippen molar-refractivity contribution in [1.29, 1.82) is 0 Å². The fourth-order valence-corrected chi connectivity index (χ4v) is 9.14. The third-order valence-electron chi connectivity index (χ3n) is 10.9. The van der Waals surface area contributed by atoms with E-state index in [1.54, 1.807) is 0 Å². The first-order valence-electron chi connectivity index (χ1n) is 19.5. The van der Waals surface area contributed by atoms with E-state index in [1.807, 2.05) is 71.0 Å². The largest absolute Gasteiger partial charge is 0.476 e. The molecule has 7 atom stereocenters. The Balaban J connectivity index is 1.36. The van der Waals surface area contributed by atoms with Crippen molar-refractivity contribution in [1.82, 2.24) is 35.8 Å². The summed E-state index contributed by atoms with van der Waals surface area (Å²) in [7, 11) is -3.90. The molecule has 0 bridgehead atoms. The van der Waals surface area contributed by atoms with Gasteiger partial charge in [0.1, 0.15) is 23.7 Å². The summed E-state index contributed by atoms with van der Waals surface area (Å²) in [5.74, 6) is -1.83. The van der Waals surface area contributed by atoms with E-state index in [2.05, 4.69) is 37.8 Å². The number of amides is 5. The molecule has 0 radical (unpaired) electrons. The van der Waals surface area contributed by atoms with Crippen molar-refractivity contribution in [3.63, 3.8) is 0 Å². The number of benzene rings is 1. The van der Waals surface area contributed by atoms with Crippen LogP contribution in [-0.2, 0) is 24.4 Å². The van der Waals surface area contributed by atoms with E-state index < -0.39 is 74.2 Å². The first-order valence-corrected chi connectivity index (χ1v) is 21.1. The number of allylic oxidation sites excluding steroid dienone is 1. The number of nitrogens with zero attached hydrogens (tertiary/aromatic N) is 3. The highest BCUT2D eigenvalue weighted by Crippen LogP contribution is 2.46. The lowest BCUT2D eigenvalue weighted by Crippen LogP contribution is -2.60. The number of hydrogen-bond donors (Lipinski definition) is 4. The highest BCUT2D eigenvalue weighted by molar-refractivity contribution is 7.91. The van der Waals surface area contributed by atoms with Gasteiger partial charge < -0.3 is 30.3 Å². The molecule has 3 fully saturated rings. The summed E-state index contributed by atoms with van der Waals surface area (Å²) in [6.07, 6.45) is 7.02. The number of hydrogen-bond acceptors (Lipinski definition) is 10. The molecule has 4 N–H and O–H groups in total. The molecule has 1 aromatic heterocycles. The van der Waals surface area contributed by atoms with Crippen molar-refractivity contribution >= 4 is 44.5 Å². The molecule has 16 heteroatoms. The zero-order chi connectivity index (χ0) is 39.7. The van der Waals surface area contributed by atoms with Crippen molar-refractivity contribution < 1.29 is 37.1 Å². The van der Waals surface area contributed by atoms with Gasteiger partial charge in [-0.2, -0.15) is 0 Å². The molecule has 2 aliphatic carbocycles. The number of fused-ring (bicyclic) bond motifs is 3. The fourth-order valence-electron chi connectivity index (χ4n) is 7.78. The van der Waals surface area contributed by atoms with Crippen LogP contribution in [0.3, 0.4) is 0 Å². The monoisotopic (exact) mass is 781 g/mol. The van der Waals surface area contributed by atoms with Crippen molar-refractivity contribution in [3.8, 4) is 11.8 Å². The van der Waals surface area contributed by atoms with Gasteiger partial charge in [0, 0.05) is 17.9 Å². The summed E-state index contributed by atoms with van der Waals surface area (Å²) in [4.78, 5) is 58.1. The Kier molecular flexibility index (Phi) is 11.7. The minimum absolute atomic E-state index is 0.0240. The van der Waals surface area contributed by atoms with Crippen molar-refractivity contribution in [2.24, 2.45) is 17.8 Å². The number of ether oxygens (including phenoxy) is 2. The molecule has 5 amide bonds. The Morgan fingerprint density at radius 3 is 2.38 bits per heavy atom. The number of sulfonamides is 1. The average molecular weight is 782 g/mol. The van der Waals surface area contributed by atoms with Gasteiger partial charge in [-0.1, -0.05) is 44.6 Å². The molecule has 3 heterocycles. The lowest BCUT2D eigenvalue weighted by molar-refractivity contribution is -0.142. The smallest absolute Gasteiger partial charge is 0.315 e. The Labute approximate surface area is 323 Å². The molecule has 2 aromatic rings. The molecule has 0 unspecified atom stereocenters. The number of rotatable bonds is 9. The normalized spacial score (nSPS) is 29.5. The van der Waals surface area contributed by atoms with E-state index in [1.165, 1.54) is 4.90 Å². The van der Waals surface area contributed by atoms with Crippen molar-refractivity contribution in [2.75, 3.05) is 13.2 Å². The second kappa shape index (κ2) is 15.9. The lowest BCUT2D eigenvalue weighted by atomic mass is 9.85. The van der Waals surface area contributed by atoms with Crippen LogP contribution in [-0.4, -0.2) is 94.9 Å². The maximum atomic E-state index is 14.9. The molecule has 6 rings (SSSR count). The Bertz CT molecular complexity index is 1930. The van der Waals surface area contributed by atoms with Gasteiger partial charge in [-0.25, -0.2) is 13.2 Å². The number of carbonyl (C=O) groups excluding carboxylic acids is 4. The molecule has 300 valence electrons. The van der Waals surface area contributed by atoms with Gasteiger partial charge in [0.2, 0.25) is 33.6 Å². The second-order valence-corrected chi connectivity index (χ2v) is 18.5. The third-order valence-corrected chi connectivity index (χ3v) is 12.7. The molecule has 2 aliphatic heterocycles. The van der Waals surface area contributed by atoms with Crippen LogP contribution < -0.4 is 30.1 Å². The predicted octanol–water partition coefficient (Wildman–Crippen LogP) is 3.73. The molecular weight excluding hydrogens is 727 g/mol. The summed E-state index contributed by atoms with van der Waals surface area (Å²) < 4.78 is 40.2. The van der Waals surface area contributed by atoms with E-state index in [-0.39, 0.29) is 37.1 Å². The van der Waals surface area contributed by atoms with Gasteiger partial charge in [-0.3, -0.25) is 19.1 Å². The van der Waals surface area contributed by atoms with Crippen LogP contribution >= 0.6 is 0 Å². The second-order valence-electron chi connectivity index (χ2n) is 16.6. The molecule has 1 saturated heterocycles. The molecule has 1 aromatic carbocycles. The first kappa shape index (κ1) is 40.2. The summed E-state index contributed by atoms with van der Waals surface area (Å²) in [6, 6.07) is 4.75. The summed E-state index contributed by atoms with van der Waals surface area (Å²) >= 11 is 0. The van der Waals surface area contributed by atoms with Crippen molar-refractivity contribution in [2.45, 2.75) is 127 Å². The number of aromatic nitrogens is 2. The lowest BCUT2D eigenvalue weighted by Gasteiger charge is -2.34. The quantitative estimate of drug-likeness (QED) is 0.272. The maximum absolute atomic E-state index is 14.9. The van der Waals surface area contributed by atoms with E-state index in [9.17, 15) is 27.6 Å². The van der Waals surface area contributed by atoms with Crippen molar-refractivity contribution in [3.05, 3.63) is 36.4 Å². The molecule has 4 aliphatic rings. The van der Waals surface area contributed by atoms with Gasteiger partial charge in [0.25, 0.3) is 5.91 Å². The average Bonchev–Trinajstić information content (AvgIpc) is 4.05. The van der Waals surface area contributed by atoms with Gasteiger partial charge in [0.15, 0.2) is 0 Å². The van der Waals surface area contributed by atoms with Crippen LogP contribution in [0.4, 0.5) is 4.79 Å². The molecule has 0 spiro atoms. The Morgan fingerprint density at radius 1 is 1.04 bits per heavy atom. The molecule has 55 heavy (non-hydrogen) atoms. The van der Waals surface area contributed by atoms with Gasteiger partial charge >= 0.3 is 6.03 Å². The zero-order valence-electron chi connectivity index (χ0n) is 32.6. The summed E-state index contributed by atoms with van der Waals surface area (Å²) in [5, 5.41) is 18.0. The summed E-state index contributed by atoms with van der Waals surface area (Å²) in [5.41, 5.74) is -2.09. The topological polar surface area (TPSA) is 198 Å². The van der Waals surface area contributed by atoms with Crippen LogP contribution in [0.15, 0.2) is 36.4 Å². The van der Waals surface area contributed by atoms with Crippen LogP contribution in [0.2, 0.25) is 0 Å². The minimum atomic E-state index is -3.90. The maximum Gasteiger partial charge on any atom is 0.315 e. The number of nitrogens with one attached hydrogen (secondary N) is 4. The number of urea groups is 1. The van der Waals surface area contributed by atoms with Crippen LogP contribution in [0.1, 0.15) is 92.9 Å². The van der Waals surface area contributed by atoms with Crippen LogP contribution in [0, 0.1) is 17.8 Å². The van der Waals surface area contributed by atoms with Crippen LogP contribution in [0.5, 0.6) is 11.8 Å². The van der Waals surface area contributed by atoms with E-state index in [4.69, 9.17) is 9.47 Å². The predicted molar refractivity (Wildman–Crippen MR) is 205 cm³/mol. The number of carbonyl (C=O) groups is 4. The Morgan fingerprint density at radius 2 is 1.73 bits per heavy atom. The minimum Gasteiger partial charge on any atom is -0.476 e. The molecular formula is C39H55N7O8S. The molecule has 15 nitrogen and oxygen atoms in total. The first-order chi connectivity index (χ1) is 26.0. The zero-order valence-corrected chi connectivity index (χ0v) is 33.4. The third kappa shape index (κ3) is 9.16.